The van der Waals surface area contributed by atoms with Crippen LogP contribution in [-0.4, -0.2) is 43.5 Å². The van der Waals surface area contributed by atoms with Gasteiger partial charge in [-0.25, -0.2) is 0 Å². The highest BCUT2D eigenvalue weighted by molar-refractivity contribution is 5.99. The van der Waals surface area contributed by atoms with Crippen LogP contribution < -0.4 is 10.6 Å². The Morgan fingerprint density at radius 1 is 1.29 bits per heavy atom. The number of likely N-dealkylation sites (N-methyl/N-ethyl adjacent to an activating group) is 1. The fourth-order valence-corrected chi connectivity index (χ4v) is 2.80. The minimum Gasteiger partial charge on any atom is -0.384 e. The smallest absolute Gasteiger partial charge is 0.253 e. The summed E-state index contributed by atoms with van der Waals surface area (Å²) >= 11 is 0. The number of nitrogens with zero attached hydrogens (tertiary/aromatic N) is 1. The third-order valence-corrected chi connectivity index (χ3v) is 4.55. The summed E-state index contributed by atoms with van der Waals surface area (Å²) in [5, 5.41) is 6.44. The van der Waals surface area contributed by atoms with E-state index in [1.807, 2.05) is 24.3 Å². The average Bonchev–Trinajstić information content (AvgIpc) is 2.43. The molecule has 1 saturated carbocycles. The number of para-hydroxylation sites is 1. The third-order valence-electron chi connectivity index (χ3n) is 4.55. The summed E-state index contributed by atoms with van der Waals surface area (Å²) in [4.78, 5) is 14.7. The number of hydrogen-bond acceptors (Lipinski definition) is 3. The molecule has 0 unspecified atom stereocenters. The molecular formula is C17H27N3O. The van der Waals surface area contributed by atoms with Crippen molar-refractivity contribution < 1.29 is 4.79 Å². The number of nitrogens with one attached hydrogen (secondary N) is 2. The number of amides is 1. The van der Waals surface area contributed by atoms with E-state index in [2.05, 4.69) is 36.6 Å². The lowest BCUT2D eigenvalue weighted by atomic mass is 9.75. The Morgan fingerprint density at radius 2 is 2.00 bits per heavy atom. The normalized spacial score (nSPS) is 16.4. The Kier molecular flexibility index (Phi) is 5.23. The van der Waals surface area contributed by atoms with Gasteiger partial charge in [0, 0.05) is 24.3 Å². The van der Waals surface area contributed by atoms with Crippen molar-refractivity contribution in [3.63, 3.8) is 0 Å². The second kappa shape index (κ2) is 6.94. The Hall–Kier alpha value is -1.55. The molecule has 1 amide bonds. The fourth-order valence-electron chi connectivity index (χ4n) is 2.80. The minimum absolute atomic E-state index is 0.0160. The van der Waals surface area contributed by atoms with Gasteiger partial charge in [-0.15, -0.1) is 0 Å². The van der Waals surface area contributed by atoms with Crippen LogP contribution in [-0.2, 0) is 0 Å². The maximum absolute atomic E-state index is 12.5. The molecule has 0 heterocycles. The molecule has 0 saturated heterocycles. The van der Waals surface area contributed by atoms with E-state index < -0.39 is 0 Å². The van der Waals surface area contributed by atoms with E-state index >= 15 is 0 Å². The standard InChI is InChI=1S/C17H27N3O/c1-4-12-18-15-9-6-5-8-14(15)16(21)19-13-17(20(2)3)10-7-11-17/h5-6,8-9,18H,4,7,10-13H2,1-3H3,(H,19,21). The van der Waals surface area contributed by atoms with Gasteiger partial charge in [0.1, 0.15) is 0 Å². The van der Waals surface area contributed by atoms with E-state index in [9.17, 15) is 4.79 Å². The highest BCUT2D eigenvalue weighted by Crippen LogP contribution is 2.35. The molecule has 0 spiro atoms. The summed E-state index contributed by atoms with van der Waals surface area (Å²) in [6, 6.07) is 7.73. The summed E-state index contributed by atoms with van der Waals surface area (Å²) in [5.74, 6) is 0.0160. The third kappa shape index (κ3) is 3.56. The van der Waals surface area contributed by atoms with Crippen LogP contribution in [0.4, 0.5) is 5.69 Å². The quantitative estimate of drug-likeness (QED) is 0.811. The van der Waals surface area contributed by atoms with E-state index in [0.29, 0.717) is 0 Å². The second-order valence-corrected chi connectivity index (χ2v) is 6.13. The first-order valence-corrected chi connectivity index (χ1v) is 7.87. The lowest BCUT2D eigenvalue weighted by molar-refractivity contribution is 0.0558. The molecule has 0 aliphatic heterocycles. The molecule has 1 fully saturated rings. The summed E-state index contributed by atoms with van der Waals surface area (Å²) in [5.41, 5.74) is 1.81. The zero-order chi connectivity index (χ0) is 15.3. The SMILES string of the molecule is CCCNc1ccccc1C(=O)NCC1(N(C)C)CCC1. The number of hydrogen-bond donors (Lipinski definition) is 2. The molecule has 0 radical (unpaired) electrons. The Labute approximate surface area is 127 Å². The predicted octanol–water partition coefficient (Wildman–Crippen LogP) is 2.72. The van der Waals surface area contributed by atoms with Gasteiger partial charge in [0.15, 0.2) is 0 Å². The highest BCUT2D eigenvalue weighted by Gasteiger charge is 2.39. The molecule has 2 N–H and O–H groups in total. The molecule has 4 nitrogen and oxygen atoms in total. The van der Waals surface area contributed by atoms with Crippen LogP contribution in [0.15, 0.2) is 24.3 Å². The van der Waals surface area contributed by atoms with Gasteiger partial charge in [-0.05, 0) is 51.9 Å². The van der Waals surface area contributed by atoms with Crippen molar-refractivity contribution in [1.82, 2.24) is 10.2 Å². The summed E-state index contributed by atoms with van der Waals surface area (Å²) < 4.78 is 0. The van der Waals surface area contributed by atoms with Crippen LogP contribution in [0.25, 0.3) is 0 Å². The van der Waals surface area contributed by atoms with Crippen molar-refractivity contribution in [2.75, 3.05) is 32.5 Å². The van der Waals surface area contributed by atoms with Crippen molar-refractivity contribution in [3.8, 4) is 0 Å². The molecule has 0 aromatic heterocycles. The van der Waals surface area contributed by atoms with Gasteiger partial charge >= 0.3 is 0 Å². The van der Waals surface area contributed by atoms with Gasteiger partial charge in [-0.1, -0.05) is 19.1 Å². The molecule has 2 rings (SSSR count). The van der Waals surface area contributed by atoms with Crippen molar-refractivity contribution in [3.05, 3.63) is 29.8 Å². The van der Waals surface area contributed by atoms with Gasteiger partial charge in [0.2, 0.25) is 0 Å². The summed E-state index contributed by atoms with van der Waals surface area (Å²) in [6.07, 6.45) is 4.62. The molecule has 1 aromatic rings. The number of benzene rings is 1. The van der Waals surface area contributed by atoms with Crippen molar-refractivity contribution in [2.45, 2.75) is 38.1 Å². The largest absolute Gasteiger partial charge is 0.384 e. The van der Waals surface area contributed by atoms with Crippen molar-refractivity contribution >= 4 is 11.6 Å². The number of rotatable bonds is 7. The molecule has 4 heteroatoms. The maximum atomic E-state index is 12.5. The maximum Gasteiger partial charge on any atom is 0.253 e. The van der Waals surface area contributed by atoms with Crippen LogP contribution in [0.1, 0.15) is 43.0 Å². The topological polar surface area (TPSA) is 44.4 Å². The van der Waals surface area contributed by atoms with Crippen LogP contribution >= 0.6 is 0 Å². The first kappa shape index (κ1) is 15.8. The highest BCUT2D eigenvalue weighted by atomic mass is 16.1. The molecule has 0 bridgehead atoms. The van der Waals surface area contributed by atoms with Gasteiger partial charge in [0.05, 0.1) is 5.56 Å². The molecular weight excluding hydrogens is 262 g/mol. The number of carbonyl (C=O) groups is 1. The van der Waals surface area contributed by atoms with Gasteiger partial charge in [-0.3, -0.25) is 4.79 Å². The van der Waals surface area contributed by atoms with Gasteiger partial charge in [0.25, 0.3) is 5.91 Å². The first-order valence-electron chi connectivity index (χ1n) is 7.87. The zero-order valence-corrected chi connectivity index (χ0v) is 13.4. The van der Waals surface area contributed by atoms with E-state index in [1.165, 1.54) is 6.42 Å². The minimum atomic E-state index is 0.0160. The van der Waals surface area contributed by atoms with Crippen molar-refractivity contribution in [2.24, 2.45) is 0 Å². The molecule has 1 aliphatic carbocycles. The van der Waals surface area contributed by atoms with Gasteiger partial charge < -0.3 is 15.5 Å². The van der Waals surface area contributed by atoms with E-state index in [-0.39, 0.29) is 11.4 Å². The molecule has 0 atom stereocenters. The Morgan fingerprint density at radius 3 is 2.57 bits per heavy atom. The van der Waals surface area contributed by atoms with E-state index in [4.69, 9.17) is 0 Å². The monoisotopic (exact) mass is 289 g/mol. The molecule has 21 heavy (non-hydrogen) atoms. The van der Waals surface area contributed by atoms with Crippen LogP contribution in [0.5, 0.6) is 0 Å². The summed E-state index contributed by atoms with van der Waals surface area (Å²) in [6.45, 7) is 3.72. The Bertz CT molecular complexity index is 481. The molecule has 1 aromatic carbocycles. The van der Waals surface area contributed by atoms with E-state index in [0.717, 1.165) is 43.6 Å². The Balaban J connectivity index is 2.00. The van der Waals surface area contributed by atoms with Crippen LogP contribution in [0.2, 0.25) is 0 Å². The van der Waals surface area contributed by atoms with Gasteiger partial charge in [-0.2, -0.15) is 0 Å². The lowest BCUT2D eigenvalue weighted by Gasteiger charge is -2.47. The van der Waals surface area contributed by atoms with Crippen LogP contribution in [0, 0.1) is 0 Å². The average molecular weight is 289 g/mol. The number of anilines is 1. The lowest BCUT2D eigenvalue weighted by Crippen LogP contribution is -2.57. The molecule has 1 aliphatic rings. The fraction of sp³-hybridized carbons (Fsp3) is 0.588. The second-order valence-electron chi connectivity index (χ2n) is 6.13. The van der Waals surface area contributed by atoms with Crippen LogP contribution in [0.3, 0.4) is 0 Å². The number of carbonyl (C=O) groups excluding carboxylic acids is 1. The predicted molar refractivity (Wildman–Crippen MR) is 87.8 cm³/mol. The van der Waals surface area contributed by atoms with E-state index in [1.54, 1.807) is 0 Å². The zero-order valence-electron chi connectivity index (χ0n) is 13.4. The molecule has 116 valence electrons. The van der Waals surface area contributed by atoms with Crippen molar-refractivity contribution in [1.29, 1.82) is 0 Å². The summed E-state index contributed by atoms with van der Waals surface area (Å²) in [7, 11) is 4.20. The first-order chi connectivity index (χ1) is 10.1.